The summed E-state index contributed by atoms with van der Waals surface area (Å²) in [6.07, 6.45) is -1.70. The van der Waals surface area contributed by atoms with Crippen LogP contribution in [0.1, 0.15) is 19.6 Å². The average Bonchev–Trinajstić information content (AvgIpc) is 3.07. The van der Waals surface area contributed by atoms with E-state index in [0.29, 0.717) is 16.2 Å². The third kappa shape index (κ3) is 2.88. The van der Waals surface area contributed by atoms with Crippen LogP contribution in [0, 0.1) is 0 Å². The van der Waals surface area contributed by atoms with Crippen molar-refractivity contribution in [2.75, 3.05) is 18.1 Å². The molecule has 5 N–H and O–H groups in total. The summed E-state index contributed by atoms with van der Waals surface area (Å²) in [6, 6.07) is 0. The van der Waals surface area contributed by atoms with Crippen LogP contribution in [-0.2, 0) is 4.74 Å². The third-order valence-corrected chi connectivity index (χ3v) is 4.81. The van der Waals surface area contributed by atoms with Gasteiger partial charge in [0.15, 0.2) is 11.9 Å². The molecule has 0 amide bonds. The topological polar surface area (TPSA) is 140 Å². The molecular formula is C13H19N5O4S. The normalized spacial score (nSPS) is 27.8. The molecule has 23 heavy (non-hydrogen) atoms. The maximum atomic E-state index is 10.2. The van der Waals surface area contributed by atoms with Crippen LogP contribution < -0.4 is 5.73 Å². The molecule has 1 fully saturated rings. The van der Waals surface area contributed by atoms with Crippen LogP contribution in [0.25, 0.3) is 11.2 Å². The lowest BCUT2D eigenvalue weighted by Crippen LogP contribution is -2.33. The Balaban J connectivity index is 2.01. The molecule has 1 aliphatic rings. The number of imidazole rings is 1. The molecule has 0 spiro atoms. The molecule has 0 saturated carbocycles. The zero-order valence-electron chi connectivity index (χ0n) is 12.5. The van der Waals surface area contributed by atoms with E-state index < -0.39 is 31.1 Å². The van der Waals surface area contributed by atoms with E-state index in [1.165, 1.54) is 22.7 Å². The molecule has 4 atom stereocenters. The van der Waals surface area contributed by atoms with Crippen LogP contribution in [0.2, 0.25) is 0 Å². The summed E-state index contributed by atoms with van der Waals surface area (Å²) in [6.45, 7) is 1.67. The van der Waals surface area contributed by atoms with Gasteiger partial charge in [0.2, 0.25) is 5.95 Å². The quantitative estimate of drug-likeness (QED) is 0.419. The van der Waals surface area contributed by atoms with Crippen LogP contribution >= 0.6 is 11.8 Å². The predicted octanol–water partition coefficient (Wildman–Crippen LogP) is -0.478. The highest BCUT2D eigenvalue weighted by molar-refractivity contribution is 7.99. The van der Waals surface area contributed by atoms with Crippen LogP contribution in [0.4, 0.5) is 5.95 Å². The van der Waals surface area contributed by atoms with Crippen molar-refractivity contribution in [2.24, 2.45) is 0 Å². The van der Waals surface area contributed by atoms with E-state index in [-0.39, 0.29) is 5.95 Å². The highest BCUT2D eigenvalue weighted by Gasteiger charge is 2.44. The number of nitrogens with zero attached hydrogens (tertiary/aromatic N) is 4. The van der Waals surface area contributed by atoms with Crippen molar-refractivity contribution in [1.82, 2.24) is 19.5 Å². The van der Waals surface area contributed by atoms with Crippen molar-refractivity contribution in [3.63, 3.8) is 0 Å². The molecule has 0 aliphatic carbocycles. The fourth-order valence-corrected chi connectivity index (χ4v) is 3.34. The smallest absolute Gasteiger partial charge is 0.223 e. The number of hydrogen-bond acceptors (Lipinski definition) is 9. The van der Waals surface area contributed by atoms with Crippen molar-refractivity contribution in [2.45, 2.75) is 42.9 Å². The fraction of sp³-hybridized carbons (Fsp3) is 0.615. The highest BCUT2D eigenvalue weighted by Crippen LogP contribution is 2.33. The van der Waals surface area contributed by atoms with E-state index in [1.807, 2.05) is 0 Å². The van der Waals surface area contributed by atoms with Gasteiger partial charge in [0.05, 0.1) is 12.9 Å². The van der Waals surface area contributed by atoms with Crippen molar-refractivity contribution < 1.29 is 20.1 Å². The number of thioether (sulfide) groups is 1. The summed E-state index contributed by atoms with van der Waals surface area (Å²) in [4.78, 5) is 12.7. The van der Waals surface area contributed by atoms with Crippen molar-refractivity contribution in [3.8, 4) is 0 Å². The summed E-state index contributed by atoms with van der Waals surface area (Å²) in [5, 5.41) is 29.9. The number of nitrogen functional groups attached to an aromatic ring is 1. The molecule has 9 nitrogen and oxygen atoms in total. The molecule has 2 aromatic rings. The fourth-order valence-electron chi connectivity index (χ4n) is 2.50. The molecule has 0 aromatic carbocycles. The Kier molecular flexibility index (Phi) is 4.69. The number of hydrogen-bond donors (Lipinski definition) is 4. The minimum atomic E-state index is -1.20. The van der Waals surface area contributed by atoms with E-state index in [0.717, 1.165) is 12.2 Å². The highest BCUT2D eigenvalue weighted by atomic mass is 32.2. The molecule has 10 heteroatoms. The minimum absolute atomic E-state index is 0.101. The van der Waals surface area contributed by atoms with Crippen LogP contribution in [0.3, 0.4) is 0 Å². The van der Waals surface area contributed by atoms with Gasteiger partial charge in [-0.3, -0.25) is 4.57 Å². The molecule has 0 unspecified atom stereocenters. The first-order valence-corrected chi connectivity index (χ1v) is 8.30. The standard InChI is InChI=1S/C13H19N5O4S/c1-2-3-23-11-7-10(16-13(14)17-11)18(5-15-7)12-9(21)8(20)6(4-19)22-12/h5-6,8-9,12,19-21H,2-4H2,1H3,(H2,14,16,17)/t6-,8+,9+,12+/m0/s1. The maximum absolute atomic E-state index is 10.2. The van der Waals surface area contributed by atoms with E-state index in [2.05, 4.69) is 21.9 Å². The first-order chi connectivity index (χ1) is 11.1. The number of aliphatic hydroxyl groups is 3. The third-order valence-electron chi connectivity index (χ3n) is 3.64. The van der Waals surface area contributed by atoms with Gasteiger partial charge in [0.25, 0.3) is 0 Å². The largest absolute Gasteiger partial charge is 0.394 e. The van der Waals surface area contributed by atoms with Crippen molar-refractivity contribution in [3.05, 3.63) is 6.33 Å². The summed E-state index contributed by atoms with van der Waals surface area (Å²) >= 11 is 1.53. The molecule has 1 aliphatic heterocycles. The Hall–Kier alpha value is -1.46. The molecule has 1 saturated heterocycles. The van der Waals surface area contributed by atoms with Gasteiger partial charge < -0.3 is 25.8 Å². The number of ether oxygens (including phenoxy) is 1. The van der Waals surface area contributed by atoms with E-state index in [4.69, 9.17) is 10.5 Å². The van der Waals surface area contributed by atoms with Gasteiger partial charge in [-0.1, -0.05) is 6.92 Å². The number of aromatic nitrogens is 4. The van der Waals surface area contributed by atoms with E-state index in [9.17, 15) is 15.3 Å². The SMILES string of the molecule is CCCSc1nc(N)nc2c1ncn2[C@@H]1O[C@@H](CO)[C@@H](O)[C@H]1O. The number of anilines is 1. The first-order valence-electron chi connectivity index (χ1n) is 7.32. The van der Waals surface area contributed by atoms with E-state index >= 15 is 0 Å². The lowest BCUT2D eigenvalue weighted by Gasteiger charge is -2.16. The Bertz CT molecular complexity index is 696. The number of fused-ring (bicyclic) bond motifs is 1. The molecular weight excluding hydrogens is 322 g/mol. The van der Waals surface area contributed by atoms with E-state index in [1.54, 1.807) is 0 Å². The molecule has 0 radical (unpaired) electrons. The van der Waals surface area contributed by atoms with Gasteiger partial charge in [-0.2, -0.15) is 4.98 Å². The second-order valence-electron chi connectivity index (χ2n) is 5.29. The van der Waals surface area contributed by atoms with Gasteiger partial charge in [-0.25, -0.2) is 9.97 Å². The first kappa shape index (κ1) is 16.4. The second kappa shape index (κ2) is 6.57. The zero-order valence-corrected chi connectivity index (χ0v) is 13.3. The Morgan fingerprint density at radius 3 is 2.78 bits per heavy atom. The molecule has 2 aromatic heterocycles. The number of nitrogens with two attached hydrogens (primary N) is 1. The van der Waals surface area contributed by atoms with Gasteiger partial charge >= 0.3 is 0 Å². The van der Waals surface area contributed by atoms with Crippen LogP contribution in [0.15, 0.2) is 11.4 Å². The number of rotatable bonds is 5. The summed E-state index contributed by atoms with van der Waals surface area (Å²) < 4.78 is 7.02. The van der Waals surface area contributed by atoms with Gasteiger partial charge in [-0.15, -0.1) is 11.8 Å². The lowest BCUT2D eigenvalue weighted by atomic mass is 10.1. The minimum Gasteiger partial charge on any atom is -0.394 e. The van der Waals surface area contributed by atoms with Gasteiger partial charge in [0, 0.05) is 0 Å². The summed E-state index contributed by atoms with van der Waals surface area (Å²) in [5.74, 6) is 0.969. The van der Waals surface area contributed by atoms with Gasteiger partial charge in [-0.05, 0) is 12.2 Å². The molecule has 3 rings (SSSR count). The van der Waals surface area contributed by atoms with Crippen molar-refractivity contribution in [1.29, 1.82) is 0 Å². The molecule has 0 bridgehead atoms. The Morgan fingerprint density at radius 2 is 2.13 bits per heavy atom. The van der Waals surface area contributed by atoms with Crippen LogP contribution in [0.5, 0.6) is 0 Å². The second-order valence-corrected chi connectivity index (χ2v) is 6.37. The lowest BCUT2D eigenvalue weighted by molar-refractivity contribution is -0.0511. The monoisotopic (exact) mass is 341 g/mol. The number of aliphatic hydroxyl groups excluding tert-OH is 3. The van der Waals surface area contributed by atoms with Gasteiger partial charge in [0.1, 0.15) is 28.9 Å². The zero-order chi connectivity index (χ0) is 16.6. The molecule has 3 heterocycles. The maximum Gasteiger partial charge on any atom is 0.223 e. The molecule has 126 valence electrons. The Labute approximate surface area is 136 Å². The predicted molar refractivity (Wildman–Crippen MR) is 83.8 cm³/mol. The summed E-state index contributed by atoms with van der Waals surface area (Å²) in [5.41, 5.74) is 6.76. The average molecular weight is 341 g/mol. The van der Waals surface area contributed by atoms with Crippen LogP contribution in [-0.4, -0.2) is 65.5 Å². The van der Waals surface area contributed by atoms with Crippen molar-refractivity contribution >= 4 is 28.9 Å². The Morgan fingerprint density at radius 1 is 1.35 bits per heavy atom. The summed E-state index contributed by atoms with van der Waals surface area (Å²) in [7, 11) is 0.